The number of pyridine rings is 1. The van der Waals surface area contributed by atoms with Crippen molar-refractivity contribution in [2.45, 2.75) is 11.4 Å². The number of rotatable bonds is 6. The maximum absolute atomic E-state index is 12.2. The first kappa shape index (κ1) is 18.0. The molecule has 134 valence electrons. The van der Waals surface area contributed by atoms with Crippen LogP contribution >= 0.6 is 11.3 Å². The number of thiazole rings is 1. The number of benzene rings is 1. The second-order valence-corrected chi connectivity index (χ2v) is 7.67. The third kappa shape index (κ3) is 4.63. The zero-order valence-corrected chi connectivity index (χ0v) is 15.0. The number of nitrogens with one attached hydrogen (secondary N) is 2. The van der Waals surface area contributed by atoms with Crippen LogP contribution in [0.2, 0.25) is 0 Å². The van der Waals surface area contributed by atoms with Gasteiger partial charge in [-0.15, -0.1) is 11.3 Å². The molecule has 0 spiro atoms. The van der Waals surface area contributed by atoms with Gasteiger partial charge in [0.1, 0.15) is 11.5 Å². The molecule has 8 nitrogen and oxygen atoms in total. The third-order valence-electron chi connectivity index (χ3n) is 3.34. The van der Waals surface area contributed by atoms with E-state index in [0.717, 1.165) is 5.56 Å². The maximum atomic E-state index is 12.2. The van der Waals surface area contributed by atoms with E-state index in [1.165, 1.54) is 23.5 Å². The molecule has 26 heavy (non-hydrogen) atoms. The summed E-state index contributed by atoms with van der Waals surface area (Å²) in [6, 6.07) is 11.4. The van der Waals surface area contributed by atoms with Gasteiger partial charge in [-0.3, -0.25) is 4.79 Å². The van der Waals surface area contributed by atoms with Crippen molar-refractivity contribution < 1.29 is 13.2 Å². The Kier molecular flexibility index (Phi) is 5.26. The molecule has 0 fully saturated rings. The van der Waals surface area contributed by atoms with E-state index in [0.29, 0.717) is 10.9 Å². The van der Waals surface area contributed by atoms with Crippen molar-refractivity contribution in [1.82, 2.24) is 15.3 Å². The lowest BCUT2D eigenvalue weighted by Crippen LogP contribution is -2.23. The first-order valence-electron chi connectivity index (χ1n) is 7.45. The van der Waals surface area contributed by atoms with Gasteiger partial charge in [0.25, 0.3) is 5.91 Å². The number of nitrogens with zero attached hydrogens (tertiary/aromatic N) is 2. The molecule has 0 unspecified atom stereocenters. The van der Waals surface area contributed by atoms with Crippen LogP contribution in [0, 0.1) is 0 Å². The van der Waals surface area contributed by atoms with Gasteiger partial charge >= 0.3 is 0 Å². The molecule has 0 aliphatic carbocycles. The molecule has 0 aliphatic rings. The lowest BCUT2D eigenvalue weighted by atomic mass is 10.2. The predicted octanol–water partition coefficient (Wildman–Crippen LogP) is 1.86. The fraction of sp³-hybridized carbons (Fsp3) is 0.0625. The van der Waals surface area contributed by atoms with Crippen molar-refractivity contribution in [2.24, 2.45) is 5.14 Å². The minimum Gasteiger partial charge on any atom is -0.347 e. The van der Waals surface area contributed by atoms with E-state index < -0.39 is 10.0 Å². The van der Waals surface area contributed by atoms with Gasteiger partial charge in [0.2, 0.25) is 10.0 Å². The molecule has 3 aromatic rings. The number of carbonyl (C=O) groups is 1. The molecular weight excluding hydrogens is 374 g/mol. The van der Waals surface area contributed by atoms with Crippen molar-refractivity contribution in [2.75, 3.05) is 5.32 Å². The number of aromatic nitrogens is 2. The van der Waals surface area contributed by atoms with Crippen molar-refractivity contribution in [3.8, 4) is 0 Å². The van der Waals surface area contributed by atoms with Gasteiger partial charge < -0.3 is 10.6 Å². The smallest absolute Gasteiger partial charge is 0.271 e. The summed E-state index contributed by atoms with van der Waals surface area (Å²) in [5, 5.41) is 13.0. The second kappa shape index (κ2) is 7.60. The van der Waals surface area contributed by atoms with E-state index in [9.17, 15) is 13.2 Å². The Morgan fingerprint density at radius 1 is 1.15 bits per heavy atom. The van der Waals surface area contributed by atoms with Crippen molar-refractivity contribution in [1.29, 1.82) is 0 Å². The molecule has 2 aromatic heterocycles. The summed E-state index contributed by atoms with van der Waals surface area (Å²) in [6.07, 6.45) is 1.66. The zero-order valence-electron chi connectivity index (χ0n) is 13.4. The summed E-state index contributed by atoms with van der Waals surface area (Å²) >= 11 is 1.30. The Hall–Kier alpha value is -2.82. The number of primary sulfonamides is 1. The van der Waals surface area contributed by atoms with Gasteiger partial charge in [-0.05, 0) is 29.8 Å². The van der Waals surface area contributed by atoms with Gasteiger partial charge in [0.05, 0.1) is 4.90 Å². The molecule has 0 atom stereocenters. The molecule has 0 radical (unpaired) electrons. The van der Waals surface area contributed by atoms with Crippen LogP contribution in [0.15, 0.2) is 58.9 Å². The van der Waals surface area contributed by atoms with E-state index in [1.807, 2.05) is 6.07 Å². The molecule has 0 bridgehead atoms. The Labute approximate surface area is 154 Å². The molecule has 0 saturated heterocycles. The topological polar surface area (TPSA) is 127 Å². The van der Waals surface area contributed by atoms with Crippen LogP contribution in [0.5, 0.6) is 0 Å². The zero-order chi connectivity index (χ0) is 18.6. The monoisotopic (exact) mass is 389 g/mol. The van der Waals surface area contributed by atoms with Crippen molar-refractivity contribution in [3.05, 3.63) is 65.3 Å². The average molecular weight is 389 g/mol. The minimum atomic E-state index is -3.72. The van der Waals surface area contributed by atoms with Crippen LogP contribution in [-0.4, -0.2) is 24.3 Å². The van der Waals surface area contributed by atoms with Crippen LogP contribution in [0.1, 0.15) is 16.1 Å². The summed E-state index contributed by atoms with van der Waals surface area (Å²) in [5.41, 5.74) is 1.03. The van der Waals surface area contributed by atoms with E-state index in [4.69, 9.17) is 5.14 Å². The number of hydrogen-bond donors (Lipinski definition) is 3. The molecule has 3 rings (SSSR count). The summed E-state index contributed by atoms with van der Waals surface area (Å²) in [4.78, 5) is 20.6. The number of anilines is 2. The van der Waals surface area contributed by atoms with Gasteiger partial charge in [-0.25, -0.2) is 23.5 Å². The third-order valence-corrected chi connectivity index (χ3v) is 5.03. The van der Waals surface area contributed by atoms with Gasteiger partial charge in [0, 0.05) is 18.1 Å². The normalized spacial score (nSPS) is 11.1. The highest BCUT2D eigenvalue weighted by atomic mass is 32.2. The number of nitrogens with two attached hydrogens (primary N) is 1. The molecule has 0 saturated carbocycles. The van der Waals surface area contributed by atoms with Crippen LogP contribution in [0.3, 0.4) is 0 Å². The Morgan fingerprint density at radius 2 is 1.92 bits per heavy atom. The minimum absolute atomic E-state index is 0.0253. The maximum Gasteiger partial charge on any atom is 0.271 e. The van der Waals surface area contributed by atoms with Crippen LogP contribution in [-0.2, 0) is 16.6 Å². The number of carbonyl (C=O) groups excluding carboxylic acids is 1. The highest BCUT2D eigenvalue weighted by molar-refractivity contribution is 7.89. The molecule has 10 heteroatoms. The molecule has 4 N–H and O–H groups in total. The quantitative estimate of drug-likeness (QED) is 0.590. The molecule has 2 heterocycles. The molecule has 1 aromatic carbocycles. The fourth-order valence-corrected chi connectivity index (χ4v) is 3.26. The standard InChI is InChI=1S/C16H15N5O3S2/c17-26(23,24)12-6-4-11(5-7-12)9-19-15(22)13-10-25-16(20-13)21-14-3-1-2-8-18-14/h1-8,10H,9H2,(H,19,22)(H2,17,23,24)(H,18,20,21). The van der Waals surface area contributed by atoms with Crippen LogP contribution < -0.4 is 15.8 Å². The number of amides is 1. The molecule has 1 amide bonds. The SMILES string of the molecule is NS(=O)(=O)c1ccc(CNC(=O)c2csc(Nc3ccccn3)n2)cc1. The van der Waals surface area contributed by atoms with Crippen LogP contribution in [0.4, 0.5) is 10.9 Å². The van der Waals surface area contributed by atoms with Gasteiger partial charge in [-0.2, -0.15) is 0 Å². The summed E-state index contributed by atoms with van der Waals surface area (Å²) in [5.74, 6) is 0.314. The number of sulfonamides is 1. The van der Waals surface area contributed by atoms with Crippen molar-refractivity contribution >= 4 is 38.2 Å². The average Bonchev–Trinajstić information content (AvgIpc) is 3.09. The lowest BCUT2D eigenvalue weighted by Gasteiger charge is -2.05. The van der Waals surface area contributed by atoms with E-state index in [1.54, 1.807) is 35.8 Å². The van der Waals surface area contributed by atoms with Crippen molar-refractivity contribution in [3.63, 3.8) is 0 Å². The van der Waals surface area contributed by atoms with E-state index >= 15 is 0 Å². The Bertz CT molecular complexity index is 1000. The Balaban J connectivity index is 1.58. The Morgan fingerprint density at radius 3 is 2.58 bits per heavy atom. The fourth-order valence-electron chi connectivity index (χ4n) is 2.05. The van der Waals surface area contributed by atoms with Crippen LogP contribution in [0.25, 0.3) is 0 Å². The second-order valence-electron chi connectivity index (χ2n) is 5.25. The first-order valence-corrected chi connectivity index (χ1v) is 9.88. The lowest BCUT2D eigenvalue weighted by molar-refractivity contribution is 0.0946. The molecular formula is C16H15N5O3S2. The summed E-state index contributed by atoms with van der Waals surface area (Å²) in [7, 11) is -3.72. The highest BCUT2D eigenvalue weighted by Gasteiger charge is 2.11. The predicted molar refractivity (Wildman–Crippen MR) is 98.6 cm³/mol. The van der Waals surface area contributed by atoms with E-state index in [-0.39, 0.29) is 23.0 Å². The van der Waals surface area contributed by atoms with Gasteiger partial charge in [-0.1, -0.05) is 18.2 Å². The number of hydrogen-bond acceptors (Lipinski definition) is 7. The van der Waals surface area contributed by atoms with E-state index in [2.05, 4.69) is 20.6 Å². The highest BCUT2D eigenvalue weighted by Crippen LogP contribution is 2.19. The summed E-state index contributed by atoms with van der Waals surface area (Å²) in [6.45, 7) is 0.240. The first-order chi connectivity index (χ1) is 12.4. The largest absolute Gasteiger partial charge is 0.347 e. The molecule has 0 aliphatic heterocycles. The van der Waals surface area contributed by atoms with Gasteiger partial charge in [0.15, 0.2) is 5.13 Å². The summed E-state index contributed by atoms with van der Waals surface area (Å²) < 4.78 is 22.4.